The van der Waals surface area contributed by atoms with Crippen LogP contribution >= 0.6 is 11.3 Å². The van der Waals surface area contributed by atoms with E-state index in [0.29, 0.717) is 10.6 Å². The molecule has 0 fully saturated rings. The van der Waals surface area contributed by atoms with E-state index in [1.54, 1.807) is 19.4 Å². The predicted octanol–water partition coefficient (Wildman–Crippen LogP) is 3.51. The van der Waals surface area contributed by atoms with Gasteiger partial charge in [0.1, 0.15) is 10.8 Å². The molecule has 3 rings (SSSR count). The molecule has 0 N–H and O–H groups in total. The fraction of sp³-hybridized carbons (Fsp3) is 0.0769. The van der Waals surface area contributed by atoms with Crippen molar-refractivity contribution in [2.45, 2.75) is 0 Å². The van der Waals surface area contributed by atoms with Crippen molar-refractivity contribution in [2.24, 2.45) is 0 Å². The topological polar surface area (TPSA) is 35.0 Å². The number of aromatic nitrogens is 2. The molecule has 0 amide bonds. The van der Waals surface area contributed by atoms with Gasteiger partial charge in [-0.25, -0.2) is 9.37 Å². The van der Waals surface area contributed by atoms with Crippen molar-refractivity contribution in [3.63, 3.8) is 0 Å². The number of hydrogen-bond donors (Lipinski definition) is 0. The molecule has 0 spiro atoms. The molecule has 0 bridgehead atoms. The van der Waals surface area contributed by atoms with E-state index in [1.165, 1.54) is 17.5 Å². The van der Waals surface area contributed by atoms with Crippen molar-refractivity contribution in [2.75, 3.05) is 7.11 Å². The molecule has 0 saturated carbocycles. The van der Waals surface area contributed by atoms with E-state index in [1.807, 2.05) is 18.2 Å². The number of rotatable bonds is 2. The molecule has 2 heterocycles. The van der Waals surface area contributed by atoms with Crippen LogP contribution in [-0.4, -0.2) is 17.1 Å². The molecule has 2 aromatic heterocycles. The highest BCUT2D eigenvalue weighted by atomic mass is 32.1. The number of ether oxygens (including phenoxy) is 1. The zero-order valence-electron chi connectivity index (χ0n) is 9.55. The Morgan fingerprint density at radius 2 is 2.17 bits per heavy atom. The molecule has 1 aromatic carbocycles. The maximum Gasteiger partial charge on any atom is 0.151 e. The number of methoxy groups -OCH3 is 1. The number of nitrogens with zero attached hydrogens (tertiary/aromatic N) is 2. The molecule has 3 nitrogen and oxygen atoms in total. The standard InChI is InChI=1S/C13H9FN2OS/c1-17-8-2-3-11-12(6-8)18-13(16-11)9-4-5-15-7-10(9)14/h2-7H,1H3. The summed E-state index contributed by atoms with van der Waals surface area (Å²) in [6, 6.07) is 7.24. The average Bonchev–Trinajstić information content (AvgIpc) is 2.81. The normalized spacial score (nSPS) is 10.8. The number of benzene rings is 1. The second-order valence-electron chi connectivity index (χ2n) is 3.71. The summed E-state index contributed by atoms with van der Waals surface area (Å²) < 4.78 is 19.8. The van der Waals surface area contributed by atoms with E-state index in [2.05, 4.69) is 9.97 Å². The van der Waals surface area contributed by atoms with Gasteiger partial charge < -0.3 is 4.74 Å². The Balaban J connectivity index is 2.17. The highest BCUT2D eigenvalue weighted by molar-refractivity contribution is 7.21. The number of halogens is 1. The van der Waals surface area contributed by atoms with E-state index in [9.17, 15) is 4.39 Å². The lowest BCUT2D eigenvalue weighted by Gasteiger charge is -1.96. The first-order chi connectivity index (χ1) is 8.78. The predicted molar refractivity (Wildman–Crippen MR) is 69.4 cm³/mol. The highest BCUT2D eigenvalue weighted by Gasteiger charge is 2.10. The van der Waals surface area contributed by atoms with E-state index in [0.717, 1.165) is 16.0 Å². The molecule has 0 saturated heterocycles. The Labute approximate surface area is 107 Å². The monoisotopic (exact) mass is 260 g/mol. The van der Waals surface area contributed by atoms with Gasteiger partial charge in [-0.3, -0.25) is 4.98 Å². The van der Waals surface area contributed by atoms with Crippen LogP contribution in [0.4, 0.5) is 4.39 Å². The molecule has 0 atom stereocenters. The lowest BCUT2D eigenvalue weighted by molar-refractivity contribution is 0.415. The molecule has 90 valence electrons. The maximum absolute atomic E-state index is 13.6. The first-order valence-corrected chi connectivity index (χ1v) is 6.14. The summed E-state index contributed by atoms with van der Waals surface area (Å²) in [6.45, 7) is 0. The molecule has 3 aromatic rings. The number of thiazole rings is 1. The third kappa shape index (κ3) is 1.82. The molecular weight excluding hydrogens is 251 g/mol. The number of pyridine rings is 1. The largest absolute Gasteiger partial charge is 0.497 e. The summed E-state index contributed by atoms with van der Waals surface area (Å²) in [7, 11) is 1.62. The Kier molecular flexibility index (Phi) is 2.68. The van der Waals surface area contributed by atoms with Crippen LogP contribution in [-0.2, 0) is 0 Å². The van der Waals surface area contributed by atoms with E-state index < -0.39 is 0 Å². The Bertz CT molecular complexity index is 711. The van der Waals surface area contributed by atoms with Crippen LogP contribution in [0.1, 0.15) is 0 Å². The first kappa shape index (κ1) is 11.1. The summed E-state index contributed by atoms with van der Waals surface area (Å²) in [5, 5.41) is 0.651. The van der Waals surface area contributed by atoms with Crippen molar-refractivity contribution in [3.05, 3.63) is 42.5 Å². The summed E-state index contributed by atoms with van der Waals surface area (Å²) >= 11 is 1.44. The fourth-order valence-electron chi connectivity index (χ4n) is 1.70. The molecular formula is C13H9FN2OS. The van der Waals surface area contributed by atoms with Crippen LogP contribution in [0.3, 0.4) is 0 Å². The maximum atomic E-state index is 13.6. The zero-order valence-corrected chi connectivity index (χ0v) is 10.4. The van der Waals surface area contributed by atoms with Gasteiger partial charge in [0.2, 0.25) is 0 Å². The summed E-state index contributed by atoms with van der Waals surface area (Å²) in [4.78, 5) is 8.15. The molecule has 0 unspecified atom stereocenters. The van der Waals surface area contributed by atoms with Crippen LogP contribution in [0.25, 0.3) is 20.8 Å². The lowest BCUT2D eigenvalue weighted by atomic mass is 10.2. The SMILES string of the molecule is COc1ccc2nc(-c3ccncc3F)sc2c1. The molecule has 0 radical (unpaired) electrons. The summed E-state index contributed by atoms with van der Waals surface area (Å²) in [5.41, 5.74) is 1.32. The Hall–Kier alpha value is -2.01. The Morgan fingerprint density at radius 1 is 1.28 bits per heavy atom. The lowest BCUT2D eigenvalue weighted by Crippen LogP contribution is -1.84. The van der Waals surface area contributed by atoms with Crippen molar-refractivity contribution in [3.8, 4) is 16.3 Å². The smallest absolute Gasteiger partial charge is 0.151 e. The van der Waals surface area contributed by atoms with Gasteiger partial charge >= 0.3 is 0 Å². The van der Waals surface area contributed by atoms with Crippen LogP contribution in [0, 0.1) is 5.82 Å². The van der Waals surface area contributed by atoms with Crippen LogP contribution in [0.2, 0.25) is 0 Å². The van der Waals surface area contributed by atoms with Crippen molar-refractivity contribution in [1.82, 2.24) is 9.97 Å². The van der Waals surface area contributed by atoms with Gasteiger partial charge in [-0.15, -0.1) is 11.3 Å². The molecule has 0 aliphatic rings. The molecule has 18 heavy (non-hydrogen) atoms. The number of fused-ring (bicyclic) bond motifs is 1. The minimum atomic E-state index is -0.358. The summed E-state index contributed by atoms with van der Waals surface area (Å²) in [6.07, 6.45) is 2.76. The fourth-order valence-corrected chi connectivity index (χ4v) is 2.72. The van der Waals surface area contributed by atoms with E-state index in [4.69, 9.17) is 4.74 Å². The van der Waals surface area contributed by atoms with Gasteiger partial charge in [-0.2, -0.15) is 0 Å². The summed E-state index contributed by atoms with van der Waals surface area (Å²) in [5.74, 6) is 0.413. The van der Waals surface area contributed by atoms with E-state index in [-0.39, 0.29) is 5.82 Å². The van der Waals surface area contributed by atoms with Crippen molar-refractivity contribution in [1.29, 1.82) is 0 Å². The van der Waals surface area contributed by atoms with Crippen LogP contribution in [0.5, 0.6) is 5.75 Å². The van der Waals surface area contributed by atoms with Gasteiger partial charge in [0.05, 0.1) is 23.5 Å². The van der Waals surface area contributed by atoms with Crippen molar-refractivity contribution < 1.29 is 9.13 Å². The first-order valence-electron chi connectivity index (χ1n) is 5.32. The zero-order chi connectivity index (χ0) is 12.5. The number of hydrogen-bond acceptors (Lipinski definition) is 4. The minimum absolute atomic E-state index is 0.358. The van der Waals surface area contributed by atoms with E-state index >= 15 is 0 Å². The van der Waals surface area contributed by atoms with Gasteiger partial charge in [0.25, 0.3) is 0 Å². The van der Waals surface area contributed by atoms with Crippen molar-refractivity contribution >= 4 is 21.6 Å². The molecule has 5 heteroatoms. The van der Waals surface area contributed by atoms with Crippen LogP contribution < -0.4 is 4.74 Å². The molecule has 0 aliphatic heterocycles. The molecule has 0 aliphatic carbocycles. The Morgan fingerprint density at radius 3 is 2.94 bits per heavy atom. The highest BCUT2D eigenvalue weighted by Crippen LogP contribution is 2.33. The third-order valence-corrected chi connectivity index (χ3v) is 3.65. The van der Waals surface area contributed by atoms with Crippen LogP contribution in [0.15, 0.2) is 36.7 Å². The van der Waals surface area contributed by atoms with Gasteiger partial charge in [-0.1, -0.05) is 0 Å². The second kappa shape index (κ2) is 4.34. The van der Waals surface area contributed by atoms with Gasteiger partial charge in [0.15, 0.2) is 5.82 Å². The quantitative estimate of drug-likeness (QED) is 0.707. The third-order valence-electron chi connectivity index (χ3n) is 2.60. The minimum Gasteiger partial charge on any atom is -0.497 e. The average molecular weight is 260 g/mol. The van der Waals surface area contributed by atoms with Gasteiger partial charge in [-0.05, 0) is 24.3 Å². The second-order valence-corrected chi connectivity index (χ2v) is 4.74. The van der Waals surface area contributed by atoms with Gasteiger partial charge in [0, 0.05) is 11.8 Å².